The van der Waals surface area contributed by atoms with Crippen molar-refractivity contribution in [1.29, 1.82) is 0 Å². The van der Waals surface area contributed by atoms with E-state index >= 15 is 0 Å². The van der Waals surface area contributed by atoms with Crippen LogP contribution in [0.25, 0.3) is 10.4 Å². The quantitative estimate of drug-likeness (QED) is 0.835. The summed E-state index contributed by atoms with van der Waals surface area (Å²) in [7, 11) is 0. The van der Waals surface area contributed by atoms with Gasteiger partial charge in [-0.1, -0.05) is 6.07 Å². The summed E-state index contributed by atoms with van der Waals surface area (Å²) in [4.78, 5) is 11.7. The summed E-state index contributed by atoms with van der Waals surface area (Å²) in [5.41, 5.74) is 2.43. The predicted molar refractivity (Wildman–Crippen MR) is 58.0 cm³/mol. The molecule has 2 aromatic heterocycles. The van der Waals surface area contributed by atoms with Gasteiger partial charge in [-0.15, -0.1) is 11.3 Å². The molecular formula is C10H10N2O2S. The highest BCUT2D eigenvalue weighted by atomic mass is 32.1. The van der Waals surface area contributed by atoms with Gasteiger partial charge in [0.2, 0.25) is 0 Å². The molecule has 0 saturated heterocycles. The number of aliphatic carboxylic acids is 1. The SMILES string of the molecule is Cc1[nH]nc(CC(=O)O)c1-c1cccs1. The average molecular weight is 222 g/mol. The fraction of sp³-hybridized carbons (Fsp3) is 0.200. The van der Waals surface area contributed by atoms with Crippen LogP contribution in [0.4, 0.5) is 0 Å². The number of rotatable bonds is 3. The van der Waals surface area contributed by atoms with E-state index in [9.17, 15) is 4.79 Å². The molecule has 0 atom stereocenters. The molecule has 0 radical (unpaired) electrons. The van der Waals surface area contributed by atoms with E-state index in [4.69, 9.17) is 5.11 Å². The summed E-state index contributed by atoms with van der Waals surface area (Å²) in [5.74, 6) is -0.862. The number of aryl methyl sites for hydroxylation is 1. The molecule has 0 unspecified atom stereocenters. The lowest BCUT2D eigenvalue weighted by atomic mass is 10.1. The van der Waals surface area contributed by atoms with Crippen molar-refractivity contribution in [3.8, 4) is 10.4 Å². The largest absolute Gasteiger partial charge is 0.481 e. The molecule has 0 bridgehead atoms. The van der Waals surface area contributed by atoms with E-state index in [1.54, 1.807) is 11.3 Å². The molecule has 0 spiro atoms. The first kappa shape index (κ1) is 9.92. The van der Waals surface area contributed by atoms with Crippen molar-refractivity contribution in [3.05, 3.63) is 28.9 Å². The van der Waals surface area contributed by atoms with Gasteiger partial charge in [0.1, 0.15) is 0 Å². The van der Waals surface area contributed by atoms with Gasteiger partial charge in [-0.25, -0.2) is 0 Å². The molecule has 4 nitrogen and oxygen atoms in total. The number of hydrogen-bond donors (Lipinski definition) is 2. The van der Waals surface area contributed by atoms with Gasteiger partial charge >= 0.3 is 5.97 Å². The zero-order valence-corrected chi connectivity index (χ0v) is 8.97. The van der Waals surface area contributed by atoms with Gasteiger partial charge in [-0.2, -0.15) is 5.10 Å². The summed E-state index contributed by atoms with van der Waals surface area (Å²) in [6.45, 7) is 1.90. The highest BCUT2D eigenvalue weighted by Gasteiger charge is 2.15. The van der Waals surface area contributed by atoms with Gasteiger partial charge in [0.05, 0.1) is 12.1 Å². The van der Waals surface area contributed by atoms with Crippen molar-refractivity contribution in [2.75, 3.05) is 0 Å². The number of aromatic amines is 1. The number of carboxylic acid groups (broad SMARTS) is 1. The van der Waals surface area contributed by atoms with E-state index in [0.717, 1.165) is 16.1 Å². The lowest BCUT2D eigenvalue weighted by Gasteiger charge is -1.98. The van der Waals surface area contributed by atoms with Crippen molar-refractivity contribution in [2.24, 2.45) is 0 Å². The number of aromatic nitrogens is 2. The van der Waals surface area contributed by atoms with E-state index in [0.29, 0.717) is 5.69 Å². The molecule has 2 heterocycles. The van der Waals surface area contributed by atoms with Crippen LogP contribution in [0.1, 0.15) is 11.4 Å². The third-order valence-corrected chi connectivity index (χ3v) is 3.00. The number of thiophene rings is 1. The number of carbonyl (C=O) groups is 1. The molecule has 0 fully saturated rings. The molecule has 0 aliphatic carbocycles. The van der Waals surface area contributed by atoms with Crippen molar-refractivity contribution in [2.45, 2.75) is 13.3 Å². The van der Waals surface area contributed by atoms with Crippen LogP contribution in [-0.2, 0) is 11.2 Å². The number of nitrogens with one attached hydrogen (secondary N) is 1. The summed E-state index contributed by atoms with van der Waals surface area (Å²) in [6.07, 6.45) is -0.0441. The first-order chi connectivity index (χ1) is 7.18. The molecule has 0 aliphatic heterocycles. The Kier molecular flexibility index (Phi) is 2.55. The van der Waals surface area contributed by atoms with Crippen LogP contribution in [0.3, 0.4) is 0 Å². The van der Waals surface area contributed by atoms with Crippen molar-refractivity contribution in [1.82, 2.24) is 10.2 Å². The Labute approximate surface area is 90.6 Å². The Hall–Kier alpha value is -1.62. The first-order valence-electron chi connectivity index (χ1n) is 4.48. The maximum Gasteiger partial charge on any atom is 0.309 e. The fourth-order valence-corrected chi connectivity index (χ4v) is 2.35. The third-order valence-electron chi connectivity index (χ3n) is 2.11. The van der Waals surface area contributed by atoms with Crippen LogP contribution in [0.2, 0.25) is 0 Å². The predicted octanol–water partition coefficient (Wildman–Crippen LogP) is 2.07. The molecule has 2 N–H and O–H groups in total. The van der Waals surface area contributed by atoms with E-state index in [1.165, 1.54) is 0 Å². The second-order valence-electron chi connectivity index (χ2n) is 3.22. The summed E-state index contributed by atoms with van der Waals surface area (Å²) < 4.78 is 0. The Morgan fingerprint density at radius 1 is 1.67 bits per heavy atom. The minimum absolute atomic E-state index is 0.0441. The second kappa shape index (κ2) is 3.86. The molecule has 0 saturated carbocycles. The molecule has 15 heavy (non-hydrogen) atoms. The fourth-order valence-electron chi connectivity index (χ4n) is 1.50. The minimum Gasteiger partial charge on any atom is -0.481 e. The topological polar surface area (TPSA) is 66.0 Å². The van der Waals surface area contributed by atoms with Gasteiger partial charge in [0.25, 0.3) is 0 Å². The van der Waals surface area contributed by atoms with Crippen LogP contribution in [-0.4, -0.2) is 21.3 Å². The van der Waals surface area contributed by atoms with Crippen LogP contribution in [0, 0.1) is 6.92 Å². The molecule has 78 valence electrons. The Morgan fingerprint density at radius 2 is 2.47 bits per heavy atom. The molecule has 0 amide bonds. The molecule has 2 rings (SSSR count). The maximum atomic E-state index is 10.6. The molecule has 0 aliphatic rings. The summed E-state index contributed by atoms with van der Waals surface area (Å²) in [5, 5.41) is 17.5. The third kappa shape index (κ3) is 1.92. The zero-order chi connectivity index (χ0) is 10.8. The number of hydrogen-bond acceptors (Lipinski definition) is 3. The Balaban J connectivity index is 2.45. The van der Waals surface area contributed by atoms with Crippen molar-refractivity contribution < 1.29 is 9.90 Å². The number of nitrogens with zero attached hydrogens (tertiary/aromatic N) is 1. The van der Waals surface area contributed by atoms with Crippen LogP contribution >= 0.6 is 11.3 Å². The second-order valence-corrected chi connectivity index (χ2v) is 4.17. The molecular weight excluding hydrogens is 212 g/mol. The number of carboxylic acids is 1. The average Bonchev–Trinajstić information content (AvgIpc) is 2.74. The van der Waals surface area contributed by atoms with E-state index in [-0.39, 0.29) is 6.42 Å². The smallest absolute Gasteiger partial charge is 0.309 e. The lowest BCUT2D eigenvalue weighted by molar-refractivity contribution is -0.136. The Bertz CT molecular complexity index is 474. The highest BCUT2D eigenvalue weighted by Crippen LogP contribution is 2.29. The summed E-state index contributed by atoms with van der Waals surface area (Å²) in [6, 6.07) is 3.91. The molecule has 0 aromatic carbocycles. The highest BCUT2D eigenvalue weighted by molar-refractivity contribution is 7.13. The van der Waals surface area contributed by atoms with Crippen LogP contribution in [0.15, 0.2) is 17.5 Å². The lowest BCUT2D eigenvalue weighted by Crippen LogP contribution is -2.01. The van der Waals surface area contributed by atoms with E-state index < -0.39 is 5.97 Å². The minimum atomic E-state index is -0.862. The van der Waals surface area contributed by atoms with E-state index in [1.807, 2.05) is 24.4 Å². The van der Waals surface area contributed by atoms with Crippen molar-refractivity contribution >= 4 is 17.3 Å². The Morgan fingerprint density at radius 3 is 3.07 bits per heavy atom. The van der Waals surface area contributed by atoms with Crippen molar-refractivity contribution in [3.63, 3.8) is 0 Å². The molecule has 5 heteroatoms. The molecule has 2 aromatic rings. The first-order valence-corrected chi connectivity index (χ1v) is 5.36. The standard InChI is InChI=1S/C10H10N2O2S/c1-6-10(8-3-2-4-15-8)7(12-11-6)5-9(13)14/h2-4H,5H2,1H3,(H,11,12)(H,13,14). The van der Waals surface area contributed by atoms with Crippen LogP contribution in [0.5, 0.6) is 0 Å². The number of H-pyrrole nitrogens is 1. The van der Waals surface area contributed by atoms with Gasteiger partial charge in [0, 0.05) is 16.1 Å². The monoisotopic (exact) mass is 222 g/mol. The normalized spacial score (nSPS) is 10.5. The maximum absolute atomic E-state index is 10.6. The van der Waals surface area contributed by atoms with Gasteiger partial charge in [-0.05, 0) is 18.4 Å². The zero-order valence-electron chi connectivity index (χ0n) is 8.15. The van der Waals surface area contributed by atoms with Gasteiger partial charge in [0.15, 0.2) is 0 Å². The van der Waals surface area contributed by atoms with Gasteiger partial charge < -0.3 is 5.11 Å². The summed E-state index contributed by atoms with van der Waals surface area (Å²) >= 11 is 1.58. The van der Waals surface area contributed by atoms with E-state index in [2.05, 4.69) is 10.2 Å². The van der Waals surface area contributed by atoms with Gasteiger partial charge in [-0.3, -0.25) is 9.89 Å². The van der Waals surface area contributed by atoms with Crippen LogP contribution < -0.4 is 0 Å².